The first-order chi connectivity index (χ1) is 11.2. The Hall–Kier alpha value is -2.70. The molecule has 1 aromatic carbocycles. The van der Waals surface area contributed by atoms with Gasteiger partial charge in [0.2, 0.25) is 11.8 Å². The highest BCUT2D eigenvalue weighted by molar-refractivity contribution is 5.83. The zero-order valence-electron chi connectivity index (χ0n) is 12.7. The van der Waals surface area contributed by atoms with Crippen LogP contribution in [-0.2, 0) is 22.7 Å². The molecule has 0 bridgehead atoms. The maximum Gasteiger partial charge on any atom is 0.225 e. The second-order valence-electron chi connectivity index (χ2n) is 5.62. The van der Waals surface area contributed by atoms with E-state index in [0.717, 1.165) is 11.1 Å². The molecule has 1 saturated heterocycles. The van der Waals surface area contributed by atoms with E-state index in [2.05, 4.69) is 20.7 Å². The van der Waals surface area contributed by atoms with Crippen LogP contribution in [0, 0.1) is 5.92 Å². The Morgan fingerprint density at radius 3 is 2.87 bits per heavy atom. The van der Waals surface area contributed by atoms with Crippen LogP contribution in [0.4, 0.5) is 0 Å². The van der Waals surface area contributed by atoms with E-state index in [1.165, 1.54) is 6.33 Å². The van der Waals surface area contributed by atoms with Crippen molar-refractivity contribution < 1.29 is 9.59 Å². The molecule has 0 radical (unpaired) electrons. The monoisotopic (exact) mass is 313 g/mol. The van der Waals surface area contributed by atoms with Gasteiger partial charge in [-0.15, -0.1) is 0 Å². The van der Waals surface area contributed by atoms with E-state index in [1.54, 1.807) is 11.0 Å². The molecule has 7 nitrogen and oxygen atoms in total. The van der Waals surface area contributed by atoms with E-state index >= 15 is 0 Å². The number of hydrogen-bond donors (Lipinski definition) is 2. The summed E-state index contributed by atoms with van der Waals surface area (Å²) in [5, 5.41) is 9.81. The number of nitrogens with one attached hydrogen (secondary N) is 2. The van der Waals surface area contributed by atoms with Gasteiger partial charge < -0.3 is 10.6 Å². The predicted octanol–water partition coefficient (Wildman–Crippen LogP) is 0.469. The number of carbonyl (C=O) groups is 2. The fraction of sp³-hybridized carbons (Fsp3) is 0.375. The molecule has 2 heterocycles. The van der Waals surface area contributed by atoms with Crippen LogP contribution in [0.2, 0.25) is 0 Å². The highest BCUT2D eigenvalue weighted by Crippen LogP contribution is 2.13. The summed E-state index contributed by atoms with van der Waals surface area (Å²) < 4.78 is 1.75. The van der Waals surface area contributed by atoms with Crippen LogP contribution in [0.5, 0.6) is 0 Å². The molecule has 2 N–H and O–H groups in total. The Bertz CT molecular complexity index is 674. The Balaban J connectivity index is 1.59. The van der Waals surface area contributed by atoms with Gasteiger partial charge in [-0.1, -0.05) is 24.3 Å². The smallest absolute Gasteiger partial charge is 0.225 e. The molecule has 0 saturated carbocycles. The number of rotatable bonds is 5. The number of carbonyl (C=O) groups excluding carboxylic acids is 2. The van der Waals surface area contributed by atoms with Crippen molar-refractivity contribution in [1.82, 2.24) is 25.4 Å². The van der Waals surface area contributed by atoms with E-state index < -0.39 is 0 Å². The van der Waals surface area contributed by atoms with Gasteiger partial charge in [0.1, 0.15) is 12.7 Å². The zero-order chi connectivity index (χ0) is 16.1. The van der Waals surface area contributed by atoms with Crippen molar-refractivity contribution in [3.63, 3.8) is 0 Å². The lowest BCUT2D eigenvalue weighted by Gasteiger charge is -2.22. The first-order valence-electron chi connectivity index (χ1n) is 7.66. The maximum absolute atomic E-state index is 12.2. The summed E-state index contributed by atoms with van der Waals surface area (Å²) in [6.07, 6.45) is 4.20. The lowest BCUT2D eigenvalue weighted by atomic mass is 9.98. The molecule has 1 aliphatic heterocycles. The van der Waals surface area contributed by atoms with Crippen molar-refractivity contribution in [2.75, 3.05) is 6.54 Å². The van der Waals surface area contributed by atoms with Crippen LogP contribution in [0.25, 0.3) is 0 Å². The molecular formula is C16H19N5O2. The quantitative estimate of drug-likeness (QED) is 0.840. The molecule has 2 aromatic rings. The van der Waals surface area contributed by atoms with E-state index in [0.29, 0.717) is 32.5 Å². The van der Waals surface area contributed by atoms with Crippen molar-refractivity contribution in [2.24, 2.45) is 5.92 Å². The lowest BCUT2D eigenvalue weighted by Crippen LogP contribution is -2.42. The van der Waals surface area contributed by atoms with Crippen molar-refractivity contribution >= 4 is 11.8 Å². The van der Waals surface area contributed by atoms with Gasteiger partial charge in [-0.05, 0) is 17.5 Å². The van der Waals surface area contributed by atoms with Gasteiger partial charge in [0.25, 0.3) is 0 Å². The van der Waals surface area contributed by atoms with Crippen molar-refractivity contribution in [3.8, 4) is 0 Å². The summed E-state index contributed by atoms with van der Waals surface area (Å²) in [6, 6.07) is 7.93. The fourth-order valence-corrected chi connectivity index (χ4v) is 2.66. The summed E-state index contributed by atoms with van der Waals surface area (Å²) in [5.74, 6) is -0.136. The van der Waals surface area contributed by atoms with Gasteiger partial charge in [0.05, 0.1) is 12.5 Å². The Kier molecular flexibility index (Phi) is 4.65. The summed E-state index contributed by atoms with van der Waals surface area (Å²) in [4.78, 5) is 27.3. The minimum atomic E-state index is -0.143. The summed E-state index contributed by atoms with van der Waals surface area (Å²) in [5.41, 5.74) is 2.14. The minimum absolute atomic E-state index is 0.0134. The van der Waals surface area contributed by atoms with Crippen LogP contribution in [0.3, 0.4) is 0 Å². The lowest BCUT2D eigenvalue weighted by molar-refractivity contribution is -0.129. The van der Waals surface area contributed by atoms with Gasteiger partial charge in [0, 0.05) is 19.5 Å². The highest BCUT2D eigenvalue weighted by Gasteiger charge is 2.24. The Labute approximate surface area is 134 Å². The van der Waals surface area contributed by atoms with E-state index in [9.17, 15) is 9.59 Å². The minimum Gasteiger partial charge on any atom is -0.355 e. The number of benzene rings is 1. The van der Waals surface area contributed by atoms with Crippen LogP contribution >= 0.6 is 0 Å². The molecule has 2 amide bonds. The van der Waals surface area contributed by atoms with Gasteiger partial charge in [-0.25, -0.2) is 9.67 Å². The second kappa shape index (κ2) is 7.04. The average molecular weight is 313 g/mol. The molecule has 1 aliphatic rings. The molecule has 7 heteroatoms. The SMILES string of the molecule is O=C1CC[C@H](C(=O)NCc2ccccc2Cn2cncn2)CN1. The molecule has 1 atom stereocenters. The van der Waals surface area contributed by atoms with E-state index in [1.807, 2.05) is 24.3 Å². The zero-order valence-corrected chi connectivity index (χ0v) is 12.7. The topological polar surface area (TPSA) is 88.9 Å². The third-order valence-electron chi connectivity index (χ3n) is 4.01. The summed E-state index contributed by atoms with van der Waals surface area (Å²) in [7, 11) is 0. The molecule has 1 fully saturated rings. The third kappa shape index (κ3) is 3.94. The summed E-state index contributed by atoms with van der Waals surface area (Å²) >= 11 is 0. The fourth-order valence-electron chi connectivity index (χ4n) is 2.66. The van der Waals surface area contributed by atoms with Crippen molar-refractivity contribution in [1.29, 1.82) is 0 Å². The van der Waals surface area contributed by atoms with Gasteiger partial charge in [0.15, 0.2) is 0 Å². The van der Waals surface area contributed by atoms with Gasteiger partial charge in [-0.2, -0.15) is 5.10 Å². The molecular weight excluding hydrogens is 294 g/mol. The second-order valence-corrected chi connectivity index (χ2v) is 5.62. The number of amides is 2. The first-order valence-corrected chi connectivity index (χ1v) is 7.66. The van der Waals surface area contributed by atoms with Gasteiger partial charge in [-0.3, -0.25) is 9.59 Å². The normalized spacial score (nSPS) is 17.6. The first kappa shape index (κ1) is 15.2. The number of hydrogen-bond acceptors (Lipinski definition) is 4. The molecule has 1 aromatic heterocycles. The average Bonchev–Trinajstić information content (AvgIpc) is 3.07. The highest BCUT2D eigenvalue weighted by atomic mass is 16.2. The number of nitrogens with zero attached hydrogens (tertiary/aromatic N) is 3. The van der Waals surface area contributed by atoms with Crippen LogP contribution in [0.1, 0.15) is 24.0 Å². The molecule has 23 heavy (non-hydrogen) atoms. The van der Waals surface area contributed by atoms with Crippen molar-refractivity contribution in [2.45, 2.75) is 25.9 Å². The van der Waals surface area contributed by atoms with Crippen molar-refractivity contribution in [3.05, 3.63) is 48.0 Å². The predicted molar refractivity (Wildman–Crippen MR) is 83.1 cm³/mol. The molecule has 0 spiro atoms. The van der Waals surface area contributed by atoms with Gasteiger partial charge >= 0.3 is 0 Å². The molecule has 0 aliphatic carbocycles. The Morgan fingerprint density at radius 1 is 1.35 bits per heavy atom. The molecule has 3 rings (SSSR count). The maximum atomic E-state index is 12.2. The molecule has 0 unspecified atom stereocenters. The van der Waals surface area contributed by atoms with Crippen LogP contribution < -0.4 is 10.6 Å². The number of piperidine rings is 1. The van der Waals surface area contributed by atoms with E-state index in [-0.39, 0.29) is 17.7 Å². The van der Waals surface area contributed by atoms with E-state index in [4.69, 9.17) is 0 Å². The Morgan fingerprint density at radius 2 is 2.17 bits per heavy atom. The largest absolute Gasteiger partial charge is 0.355 e. The number of aromatic nitrogens is 3. The standard InChI is InChI=1S/C16H19N5O2/c22-15-6-5-13(8-18-15)16(23)19-7-12-3-1-2-4-14(12)9-21-11-17-10-20-21/h1-4,10-11,13H,5-9H2,(H,18,22)(H,19,23)/t13-/m0/s1. The van der Waals surface area contributed by atoms with Crippen LogP contribution in [0.15, 0.2) is 36.9 Å². The molecule has 120 valence electrons. The summed E-state index contributed by atoms with van der Waals surface area (Å²) in [6.45, 7) is 1.50. The third-order valence-corrected chi connectivity index (χ3v) is 4.01. The van der Waals surface area contributed by atoms with Crippen LogP contribution in [-0.4, -0.2) is 33.1 Å².